The van der Waals surface area contributed by atoms with Gasteiger partial charge >= 0.3 is 11.7 Å². The number of pyridine rings is 1. The number of benzene rings is 1. The molecule has 1 amide bonds. The number of ether oxygens (including phenoxy) is 1. The molecule has 8 nitrogen and oxygen atoms in total. The number of nitrogens with zero attached hydrogens (tertiary/aromatic N) is 3. The van der Waals surface area contributed by atoms with Crippen LogP contribution in [0, 0.1) is 0 Å². The Kier molecular flexibility index (Phi) is 6.56. The first kappa shape index (κ1) is 24.7. The number of alkyl halides is 6. The average Bonchev–Trinajstić information content (AvgIpc) is 3.43. The molecule has 14 heteroatoms. The van der Waals surface area contributed by atoms with Gasteiger partial charge in [-0.3, -0.25) is 9.89 Å². The average molecular weight is 518 g/mol. The van der Waals surface area contributed by atoms with Crippen LogP contribution >= 0.6 is 11.6 Å². The number of carbonyl (C=O) groups is 1. The van der Waals surface area contributed by atoms with E-state index in [1.54, 1.807) is 4.90 Å². The number of hydrogen-bond donors (Lipinski definition) is 3. The molecule has 1 saturated heterocycles. The number of rotatable bonds is 6. The zero-order chi connectivity index (χ0) is 25.4. The Morgan fingerprint density at radius 1 is 1.20 bits per heavy atom. The molecule has 1 fully saturated rings. The molecule has 0 radical (unpaired) electrons. The van der Waals surface area contributed by atoms with Crippen LogP contribution in [0.3, 0.4) is 0 Å². The Morgan fingerprint density at radius 3 is 2.49 bits per heavy atom. The molecule has 1 atom stereocenters. The molecule has 4 rings (SSSR count). The highest BCUT2D eigenvalue weighted by Crippen LogP contribution is 2.35. The van der Waals surface area contributed by atoms with E-state index in [0.29, 0.717) is 13.0 Å². The van der Waals surface area contributed by atoms with Crippen LogP contribution in [-0.4, -0.2) is 51.0 Å². The molecule has 3 heterocycles. The van der Waals surface area contributed by atoms with Crippen LogP contribution in [0.1, 0.15) is 22.5 Å². The van der Waals surface area contributed by atoms with Gasteiger partial charge in [0.05, 0.1) is 17.4 Å². The lowest BCUT2D eigenvalue weighted by atomic mass is 10.1. The largest absolute Gasteiger partial charge is 0.487 e. The van der Waals surface area contributed by atoms with E-state index in [1.165, 1.54) is 36.5 Å². The number of carbonyl (C=O) groups excluding carboxylic acids is 1. The van der Waals surface area contributed by atoms with Crippen LogP contribution in [0.5, 0.6) is 5.75 Å². The lowest BCUT2D eigenvalue weighted by Gasteiger charge is -2.20. The normalized spacial score (nSPS) is 16.4. The van der Waals surface area contributed by atoms with E-state index in [0.717, 1.165) is 6.07 Å². The maximum absolute atomic E-state index is 13.1. The summed E-state index contributed by atoms with van der Waals surface area (Å²) in [5, 5.41) is 18.0. The van der Waals surface area contributed by atoms with Crippen LogP contribution < -0.4 is 15.0 Å². The number of aromatic amines is 1. The number of aliphatic hydroxyl groups excluding tert-OH is 1. The van der Waals surface area contributed by atoms with Crippen molar-refractivity contribution < 1.29 is 36.6 Å². The van der Waals surface area contributed by atoms with Gasteiger partial charge in [-0.1, -0.05) is 0 Å². The van der Waals surface area contributed by atoms with Crippen molar-refractivity contribution in [3.63, 3.8) is 0 Å². The molecule has 0 bridgehead atoms. The molecule has 0 spiro atoms. The summed E-state index contributed by atoms with van der Waals surface area (Å²) in [6.45, 7) is 0.643. The lowest BCUT2D eigenvalue weighted by Crippen LogP contribution is -2.23. The first-order valence-corrected chi connectivity index (χ1v) is 10.5. The minimum Gasteiger partial charge on any atom is -0.420 e. The number of hydrogen-bond acceptors (Lipinski definition) is 6. The van der Waals surface area contributed by atoms with Crippen molar-refractivity contribution in [1.82, 2.24) is 15.2 Å². The molecule has 35 heavy (non-hydrogen) atoms. The topological polar surface area (TPSA) is 103 Å². The summed E-state index contributed by atoms with van der Waals surface area (Å²) in [5.41, 5.74) is -4.62. The fourth-order valence-corrected chi connectivity index (χ4v) is 3.60. The Hall–Kier alpha value is -3.45. The minimum absolute atomic E-state index is 0.0132. The van der Waals surface area contributed by atoms with Crippen molar-refractivity contribution in [2.75, 3.05) is 23.3 Å². The fraction of sp³-hybridized carbons (Fsp3) is 0.286. The van der Waals surface area contributed by atoms with Crippen molar-refractivity contribution in [3.8, 4) is 17.0 Å². The first-order chi connectivity index (χ1) is 16.4. The molecule has 1 aromatic carbocycles. The van der Waals surface area contributed by atoms with Gasteiger partial charge < -0.3 is 20.1 Å². The molecule has 1 aliphatic rings. The van der Waals surface area contributed by atoms with Gasteiger partial charge in [-0.25, -0.2) is 4.98 Å². The van der Waals surface area contributed by atoms with Crippen LogP contribution in [0.2, 0.25) is 0 Å². The highest BCUT2D eigenvalue weighted by molar-refractivity contribution is 6.20. The summed E-state index contributed by atoms with van der Waals surface area (Å²) in [7, 11) is 0. The molecule has 1 aliphatic heterocycles. The summed E-state index contributed by atoms with van der Waals surface area (Å²) < 4.78 is 68.9. The van der Waals surface area contributed by atoms with E-state index in [2.05, 4.69) is 25.2 Å². The number of halogens is 6. The molecule has 0 unspecified atom stereocenters. The van der Waals surface area contributed by atoms with Crippen LogP contribution in [0.15, 0.2) is 42.6 Å². The molecule has 2 aromatic heterocycles. The number of nitrogens with one attached hydrogen (secondary N) is 2. The fourth-order valence-electron chi connectivity index (χ4n) is 3.51. The molecule has 0 aliphatic carbocycles. The number of anilines is 2. The van der Waals surface area contributed by atoms with E-state index < -0.39 is 29.4 Å². The van der Waals surface area contributed by atoms with E-state index in [1.807, 2.05) is 0 Å². The van der Waals surface area contributed by atoms with Gasteiger partial charge in [0.2, 0.25) is 0 Å². The summed E-state index contributed by atoms with van der Waals surface area (Å²) in [4.78, 5) is 18.7. The van der Waals surface area contributed by atoms with Crippen molar-refractivity contribution >= 4 is 29.0 Å². The number of H-pyrrole nitrogens is 1. The van der Waals surface area contributed by atoms with Gasteiger partial charge in [0.25, 0.3) is 5.91 Å². The lowest BCUT2D eigenvalue weighted by molar-refractivity contribution is -0.141. The minimum atomic E-state index is -4.68. The van der Waals surface area contributed by atoms with Gasteiger partial charge in [-0.05, 0) is 42.8 Å². The van der Waals surface area contributed by atoms with E-state index >= 15 is 0 Å². The molecular formula is C21H17ClF5N5O3. The van der Waals surface area contributed by atoms with Crippen molar-refractivity contribution in [2.45, 2.75) is 24.3 Å². The van der Waals surface area contributed by atoms with E-state index in [-0.39, 0.29) is 40.6 Å². The zero-order valence-corrected chi connectivity index (χ0v) is 18.4. The van der Waals surface area contributed by atoms with Crippen LogP contribution in [0.4, 0.5) is 33.5 Å². The smallest absolute Gasteiger partial charge is 0.420 e. The third-order valence-corrected chi connectivity index (χ3v) is 5.17. The summed E-state index contributed by atoms with van der Waals surface area (Å²) in [5.74, 6) is -0.610. The summed E-state index contributed by atoms with van der Waals surface area (Å²) in [6.07, 6.45) is -3.60. The summed E-state index contributed by atoms with van der Waals surface area (Å²) >= 11 is 4.71. The second-order valence-electron chi connectivity index (χ2n) is 7.67. The Labute approximate surface area is 199 Å². The van der Waals surface area contributed by atoms with Crippen LogP contribution in [0.25, 0.3) is 11.3 Å². The first-order valence-electron chi connectivity index (χ1n) is 10.1. The molecular weight excluding hydrogens is 501 g/mol. The highest BCUT2D eigenvalue weighted by atomic mass is 35.5. The third-order valence-electron chi connectivity index (χ3n) is 5.10. The second-order valence-corrected chi connectivity index (χ2v) is 8.11. The van der Waals surface area contributed by atoms with Crippen molar-refractivity contribution in [2.24, 2.45) is 0 Å². The standard InChI is InChI=1S/C21H17ClF5N5O3/c22-21(26,27)35-14-3-1-12(2-4-14)29-19(34)11-7-15(16-8-17(31-30-16)20(23,24)25)18(28-9-11)32-6-5-13(33)10-32/h1-4,7-9,13,33H,5-6,10H2,(H,29,34)(H,30,31)/t13-/m1/s1. The summed E-state index contributed by atoms with van der Waals surface area (Å²) in [6, 6.07) is 7.09. The Bertz CT molecular complexity index is 1210. The number of aromatic nitrogens is 3. The number of aliphatic hydroxyl groups is 1. The Morgan fingerprint density at radius 2 is 1.91 bits per heavy atom. The molecule has 0 saturated carbocycles. The van der Waals surface area contributed by atoms with Gasteiger partial charge in [-0.15, -0.1) is 8.78 Å². The quantitative estimate of drug-likeness (QED) is 0.329. The molecule has 3 aromatic rings. The maximum Gasteiger partial charge on any atom is 0.487 e. The van der Waals surface area contributed by atoms with E-state index in [4.69, 9.17) is 11.6 Å². The van der Waals surface area contributed by atoms with Crippen LogP contribution in [-0.2, 0) is 6.18 Å². The predicted molar refractivity (Wildman–Crippen MR) is 115 cm³/mol. The monoisotopic (exact) mass is 517 g/mol. The van der Waals surface area contributed by atoms with Gasteiger partial charge in [0.15, 0.2) is 5.69 Å². The number of amides is 1. The van der Waals surface area contributed by atoms with Crippen molar-refractivity contribution in [1.29, 1.82) is 0 Å². The molecule has 3 N–H and O–H groups in total. The highest BCUT2D eigenvalue weighted by Gasteiger charge is 2.35. The SMILES string of the molecule is O=C(Nc1ccc(OC(F)(F)Cl)cc1)c1cnc(N2CC[C@@H](O)C2)c(-c2cc(C(F)(F)F)n[nH]2)c1. The maximum atomic E-state index is 13.1. The molecule has 186 valence electrons. The zero-order valence-electron chi connectivity index (χ0n) is 17.6. The van der Waals surface area contributed by atoms with Gasteiger partial charge in [-0.2, -0.15) is 18.3 Å². The second kappa shape index (κ2) is 9.30. The van der Waals surface area contributed by atoms with E-state index in [9.17, 15) is 31.9 Å². The number of β-amino-alcohol motifs (C(OH)–C–C–N with tert-alkyl or cyclic N) is 1. The van der Waals surface area contributed by atoms with Crippen molar-refractivity contribution in [3.05, 3.63) is 53.9 Å². The third kappa shape index (κ3) is 5.98. The Balaban J connectivity index is 1.61. The van der Waals surface area contributed by atoms with Gasteiger partial charge in [0.1, 0.15) is 11.6 Å². The predicted octanol–water partition coefficient (Wildman–Crippen LogP) is 4.48. The van der Waals surface area contributed by atoms with Gasteiger partial charge in [0, 0.05) is 42.1 Å².